The minimum atomic E-state index is -0.503. The third-order valence-corrected chi connectivity index (χ3v) is 3.30. The number of nitrogens with zero attached hydrogens (tertiary/aromatic N) is 1. The van der Waals surface area contributed by atoms with E-state index in [4.69, 9.17) is 4.74 Å². The minimum absolute atomic E-state index is 0.0463. The van der Waals surface area contributed by atoms with E-state index in [1.165, 1.54) is 24.3 Å². The van der Waals surface area contributed by atoms with Crippen molar-refractivity contribution in [2.24, 2.45) is 0 Å². The Morgan fingerprint density at radius 3 is 2.33 bits per heavy atom. The highest BCUT2D eigenvalue weighted by molar-refractivity contribution is 5.89. The number of rotatable bonds is 8. The standard InChI is InChI=1S/C15H22N2O4/c1-4-13(5-2)16-10-11(3)21-15(18)12-6-8-14(9-7-12)17(19)20/h6-9,11,13,16H,4-5,10H2,1-3H3/t11-/m1/s1. The second-order valence-corrected chi connectivity index (χ2v) is 4.94. The minimum Gasteiger partial charge on any atom is -0.458 e. The van der Waals surface area contributed by atoms with Gasteiger partial charge in [0, 0.05) is 24.7 Å². The predicted molar refractivity (Wildman–Crippen MR) is 80.3 cm³/mol. The van der Waals surface area contributed by atoms with Gasteiger partial charge in [0.25, 0.3) is 5.69 Å². The summed E-state index contributed by atoms with van der Waals surface area (Å²) in [7, 11) is 0. The molecule has 116 valence electrons. The van der Waals surface area contributed by atoms with Crippen molar-refractivity contribution in [3.63, 3.8) is 0 Å². The maximum Gasteiger partial charge on any atom is 0.338 e. The van der Waals surface area contributed by atoms with Crippen molar-refractivity contribution >= 4 is 11.7 Å². The summed E-state index contributed by atoms with van der Waals surface area (Å²) in [6, 6.07) is 5.82. The highest BCUT2D eigenvalue weighted by Crippen LogP contribution is 2.13. The van der Waals surface area contributed by atoms with Gasteiger partial charge in [-0.3, -0.25) is 10.1 Å². The van der Waals surface area contributed by atoms with Gasteiger partial charge in [-0.05, 0) is 31.9 Å². The lowest BCUT2D eigenvalue weighted by atomic mass is 10.1. The van der Waals surface area contributed by atoms with E-state index >= 15 is 0 Å². The van der Waals surface area contributed by atoms with Gasteiger partial charge < -0.3 is 10.1 Å². The molecule has 1 atom stereocenters. The van der Waals surface area contributed by atoms with Crippen LogP contribution in [-0.4, -0.2) is 29.6 Å². The number of hydrogen-bond acceptors (Lipinski definition) is 5. The topological polar surface area (TPSA) is 81.5 Å². The molecule has 0 aromatic heterocycles. The van der Waals surface area contributed by atoms with Crippen LogP contribution in [0.25, 0.3) is 0 Å². The van der Waals surface area contributed by atoms with Gasteiger partial charge in [0.15, 0.2) is 0 Å². The SMILES string of the molecule is CCC(CC)NC[C@@H](C)OC(=O)c1ccc([N+](=O)[O-])cc1. The molecule has 0 aliphatic heterocycles. The molecule has 1 aromatic carbocycles. The van der Waals surface area contributed by atoms with Crippen molar-refractivity contribution in [1.82, 2.24) is 5.32 Å². The van der Waals surface area contributed by atoms with Crippen molar-refractivity contribution in [3.05, 3.63) is 39.9 Å². The Labute approximate surface area is 124 Å². The van der Waals surface area contributed by atoms with E-state index in [1.807, 2.05) is 6.92 Å². The number of non-ortho nitro benzene ring substituents is 1. The normalized spacial score (nSPS) is 12.2. The van der Waals surface area contributed by atoms with E-state index in [-0.39, 0.29) is 11.8 Å². The molecule has 1 rings (SSSR count). The number of esters is 1. The molecular weight excluding hydrogens is 272 g/mol. The van der Waals surface area contributed by atoms with Gasteiger partial charge in [0.1, 0.15) is 6.10 Å². The second-order valence-electron chi connectivity index (χ2n) is 4.94. The van der Waals surface area contributed by atoms with E-state index in [0.717, 1.165) is 12.8 Å². The van der Waals surface area contributed by atoms with Gasteiger partial charge in [-0.2, -0.15) is 0 Å². The van der Waals surface area contributed by atoms with Crippen LogP contribution < -0.4 is 5.32 Å². The molecule has 0 amide bonds. The molecule has 0 unspecified atom stereocenters. The molecule has 0 saturated heterocycles. The number of carbonyl (C=O) groups is 1. The summed E-state index contributed by atoms with van der Waals surface area (Å²) >= 11 is 0. The fraction of sp³-hybridized carbons (Fsp3) is 0.533. The van der Waals surface area contributed by atoms with Crippen LogP contribution in [-0.2, 0) is 4.74 Å². The van der Waals surface area contributed by atoms with Crippen molar-refractivity contribution in [2.45, 2.75) is 45.8 Å². The summed E-state index contributed by atoms with van der Waals surface area (Å²) in [6.07, 6.45) is 1.80. The average molecular weight is 294 g/mol. The first-order chi connectivity index (χ1) is 9.97. The lowest BCUT2D eigenvalue weighted by Crippen LogP contribution is -2.35. The number of nitrogens with one attached hydrogen (secondary N) is 1. The summed E-state index contributed by atoms with van der Waals surface area (Å²) in [6.45, 7) is 6.62. The maximum absolute atomic E-state index is 11.9. The van der Waals surface area contributed by atoms with Gasteiger partial charge in [-0.25, -0.2) is 4.79 Å². The van der Waals surface area contributed by atoms with Gasteiger partial charge in [0.05, 0.1) is 10.5 Å². The molecule has 1 N–H and O–H groups in total. The summed E-state index contributed by atoms with van der Waals surface area (Å²) in [5.41, 5.74) is 0.269. The Kier molecular flexibility index (Phi) is 6.81. The molecule has 1 aromatic rings. The highest BCUT2D eigenvalue weighted by Gasteiger charge is 2.14. The Morgan fingerprint density at radius 1 is 1.29 bits per heavy atom. The molecule has 0 radical (unpaired) electrons. The summed E-state index contributed by atoms with van der Waals surface area (Å²) < 4.78 is 5.30. The van der Waals surface area contributed by atoms with Gasteiger partial charge >= 0.3 is 5.97 Å². The van der Waals surface area contributed by atoms with Crippen LogP contribution in [0, 0.1) is 10.1 Å². The molecule has 0 aliphatic carbocycles. The molecule has 0 aliphatic rings. The maximum atomic E-state index is 11.9. The van der Waals surface area contributed by atoms with Crippen LogP contribution in [0.4, 0.5) is 5.69 Å². The third-order valence-electron chi connectivity index (χ3n) is 3.30. The molecule has 0 heterocycles. The summed E-state index contributed by atoms with van der Waals surface area (Å²) in [5.74, 6) is -0.469. The zero-order chi connectivity index (χ0) is 15.8. The van der Waals surface area contributed by atoms with Crippen molar-refractivity contribution in [1.29, 1.82) is 0 Å². The second kappa shape index (κ2) is 8.36. The summed E-state index contributed by atoms with van der Waals surface area (Å²) in [5, 5.41) is 13.9. The number of ether oxygens (including phenoxy) is 1. The monoisotopic (exact) mass is 294 g/mol. The van der Waals surface area contributed by atoms with Crippen LogP contribution in [0.3, 0.4) is 0 Å². The quantitative estimate of drug-likeness (QED) is 0.453. The van der Waals surface area contributed by atoms with Crippen LogP contribution >= 0.6 is 0 Å². The molecule has 0 bridgehead atoms. The predicted octanol–water partition coefficient (Wildman–Crippen LogP) is 2.92. The average Bonchev–Trinajstić information content (AvgIpc) is 2.48. The number of nitro benzene ring substituents is 1. The van der Waals surface area contributed by atoms with Crippen LogP contribution in [0.5, 0.6) is 0 Å². The van der Waals surface area contributed by atoms with Crippen LogP contribution in [0.2, 0.25) is 0 Å². The fourth-order valence-electron chi connectivity index (χ4n) is 1.92. The van der Waals surface area contributed by atoms with E-state index in [1.54, 1.807) is 0 Å². The van der Waals surface area contributed by atoms with E-state index in [9.17, 15) is 14.9 Å². The fourth-order valence-corrected chi connectivity index (χ4v) is 1.92. The number of nitro groups is 1. The van der Waals surface area contributed by atoms with E-state index in [0.29, 0.717) is 18.2 Å². The Balaban J connectivity index is 2.50. The summed E-state index contributed by atoms with van der Waals surface area (Å²) in [4.78, 5) is 21.9. The van der Waals surface area contributed by atoms with Crippen molar-refractivity contribution in [3.8, 4) is 0 Å². The lowest BCUT2D eigenvalue weighted by molar-refractivity contribution is -0.384. The highest BCUT2D eigenvalue weighted by atomic mass is 16.6. The van der Waals surface area contributed by atoms with E-state index in [2.05, 4.69) is 19.2 Å². The first kappa shape index (κ1) is 17.1. The number of carbonyl (C=O) groups excluding carboxylic acids is 1. The molecule has 0 saturated carbocycles. The molecule has 6 nitrogen and oxygen atoms in total. The smallest absolute Gasteiger partial charge is 0.338 e. The zero-order valence-corrected chi connectivity index (χ0v) is 12.7. The van der Waals surface area contributed by atoms with Gasteiger partial charge in [-0.1, -0.05) is 13.8 Å². The molecular formula is C15H22N2O4. The lowest BCUT2D eigenvalue weighted by Gasteiger charge is -2.19. The van der Waals surface area contributed by atoms with Crippen LogP contribution in [0.15, 0.2) is 24.3 Å². The first-order valence-electron chi connectivity index (χ1n) is 7.16. The molecule has 21 heavy (non-hydrogen) atoms. The van der Waals surface area contributed by atoms with Crippen molar-refractivity contribution in [2.75, 3.05) is 6.54 Å². The number of hydrogen-bond donors (Lipinski definition) is 1. The molecule has 6 heteroatoms. The zero-order valence-electron chi connectivity index (χ0n) is 12.7. The van der Waals surface area contributed by atoms with Gasteiger partial charge in [0.2, 0.25) is 0 Å². The third kappa shape index (κ3) is 5.51. The van der Waals surface area contributed by atoms with Crippen LogP contribution in [0.1, 0.15) is 44.0 Å². The molecule has 0 spiro atoms. The Hall–Kier alpha value is -1.95. The first-order valence-corrected chi connectivity index (χ1v) is 7.16. The molecule has 0 fully saturated rings. The largest absolute Gasteiger partial charge is 0.458 e. The number of benzene rings is 1. The Bertz CT molecular complexity index is 469. The van der Waals surface area contributed by atoms with Gasteiger partial charge in [-0.15, -0.1) is 0 Å². The van der Waals surface area contributed by atoms with E-state index < -0.39 is 10.9 Å². The Morgan fingerprint density at radius 2 is 1.86 bits per heavy atom. The van der Waals surface area contributed by atoms with Crippen molar-refractivity contribution < 1.29 is 14.5 Å².